The summed E-state index contributed by atoms with van der Waals surface area (Å²) in [6.45, 7) is 1.87. The van der Waals surface area contributed by atoms with E-state index in [0.717, 1.165) is 12.8 Å². The molecule has 0 amide bonds. The summed E-state index contributed by atoms with van der Waals surface area (Å²) < 4.78 is 27.5. The molecule has 1 aliphatic rings. The van der Waals surface area contributed by atoms with Gasteiger partial charge in [-0.3, -0.25) is 0 Å². The van der Waals surface area contributed by atoms with E-state index in [-0.39, 0.29) is 16.3 Å². The van der Waals surface area contributed by atoms with Crippen molar-refractivity contribution >= 4 is 31.8 Å². The Morgan fingerprint density at radius 3 is 2.71 bits per heavy atom. The smallest absolute Gasteiger partial charge is 0.244 e. The van der Waals surface area contributed by atoms with Gasteiger partial charge >= 0.3 is 0 Å². The molecular formula is C9H13BrN4O2S. The standard InChI is InChI=1S/C9H13BrN4O2S/c1-9(2-3-9)14-17(15,16)7-4-6(10)5-12-8(7)13-11/h4-5,14H,2-3,11H2,1H3,(H,12,13). The third-order valence-electron chi connectivity index (χ3n) is 2.63. The highest BCUT2D eigenvalue weighted by molar-refractivity contribution is 9.10. The van der Waals surface area contributed by atoms with Gasteiger partial charge in [0, 0.05) is 16.2 Å². The Kier molecular flexibility index (Phi) is 3.15. The number of hydrogen-bond acceptors (Lipinski definition) is 5. The lowest BCUT2D eigenvalue weighted by Gasteiger charge is -2.14. The average molecular weight is 321 g/mol. The summed E-state index contributed by atoms with van der Waals surface area (Å²) >= 11 is 3.19. The van der Waals surface area contributed by atoms with E-state index in [0.29, 0.717) is 4.47 Å². The fraction of sp³-hybridized carbons (Fsp3) is 0.444. The minimum absolute atomic E-state index is 0.0440. The van der Waals surface area contributed by atoms with Crippen LogP contribution in [0.2, 0.25) is 0 Å². The van der Waals surface area contributed by atoms with Crippen LogP contribution in [-0.2, 0) is 10.0 Å². The summed E-state index contributed by atoms with van der Waals surface area (Å²) in [7, 11) is -3.61. The number of pyridine rings is 1. The average Bonchev–Trinajstić information content (AvgIpc) is 2.95. The predicted molar refractivity (Wildman–Crippen MR) is 67.7 cm³/mol. The fourth-order valence-electron chi connectivity index (χ4n) is 1.40. The van der Waals surface area contributed by atoms with Crippen LogP contribution in [0.1, 0.15) is 19.8 Å². The maximum atomic E-state index is 12.2. The highest BCUT2D eigenvalue weighted by atomic mass is 79.9. The minimum atomic E-state index is -3.61. The topological polar surface area (TPSA) is 97.1 Å². The summed E-state index contributed by atoms with van der Waals surface area (Å²) in [5.41, 5.74) is 1.96. The van der Waals surface area contributed by atoms with E-state index < -0.39 is 10.0 Å². The van der Waals surface area contributed by atoms with Gasteiger partial charge in [0.1, 0.15) is 4.90 Å². The Morgan fingerprint density at radius 2 is 2.18 bits per heavy atom. The zero-order valence-corrected chi connectivity index (χ0v) is 11.6. The number of nitrogens with one attached hydrogen (secondary N) is 2. The molecule has 1 aliphatic carbocycles. The van der Waals surface area contributed by atoms with Crippen LogP contribution in [0, 0.1) is 0 Å². The number of rotatable bonds is 4. The number of hydrazine groups is 1. The van der Waals surface area contributed by atoms with Crippen LogP contribution in [0.15, 0.2) is 21.6 Å². The van der Waals surface area contributed by atoms with Gasteiger partial charge in [-0.2, -0.15) is 0 Å². The van der Waals surface area contributed by atoms with E-state index >= 15 is 0 Å². The summed E-state index contributed by atoms with van der Waals surface area (Å²) in [5, 5.41) is 0. The molecule has 0 aliphatic heterocycles. The highest BCUT2D eigenvalue weighted by Gasteiger charge is 2.41. The van der Waals surface area contributed by atoms with Gasteiger partial charge in [-0.15, -0.1) is 0 Å². The number of halogens is 1. The summed E-state index contributed by atoms with van der Waals surface area (Å²) in [6, 6.07) is 1.47. The monoisotopic (exact) mass is 320 g/mol. The second kappa shape index (κ2) is 4.20. The van der Waals surface area contributed by atoms with Crippen LogP contribution in [0.4, 0.5) is 5.82 Å². The molecule has 0 aromatic carbocycles. The lowest BCUT2D eigenvalue weighted by Crippen LogP contribution is -2.35. The molecule has 0 unspecified atom stereocenters. The molecule has 6 nitrogen and oxygen atoms in total. The van der Waals surface area contributed by atoms with Crippen molar-refractivity contribution in [3.8, 4) is 0 Å². The second-order valence-corrected chi connectivity index (χ2v) is 6.88. The summed E-state index contributed by atoms with van der Waals surface area (Å²) in [6.07, 6.45) is 3.17. The molecule has 1 fully saturated rings. The van der Waals surface area contributed by atoms with E-state index in [9.17, 15) is 8.42 Å². The third kappa shape index (κ3) is 2.76. The second-order valence-electron chi connectivity index (χ2n) is 4.31. The molecule has 8 heteroatoms. The fourth-order valence-corrected chi connectivity index (χ4v) is 3.50. The van der Waals surface area contributed by atoms with Gasteiger partial charge in [0.25, 0.3) is 0 Å². The van der Waals surface area contributed by atoms with Crippen molar-refractivity contribution in [1.29, 1.82) is 0 Å². The molecule has 1 saturated carbocycles. The van der Waals surface area contributed by atoms with Gasteiger partial charge in [0.15, 0.2) is 5.82 Å². The quantitative estimate of drug-likeness (QED) is 0.567. The van der Waals surface area contributed by atoms with Crippen LogP contribution in [0.5, 0.6) is 0 Å². The SMILES string of the molecule is CC1(NS(=O)(=O)c2cc(Br)cnc2NN)CC1. The van der Waals surface area contributed by atoms with Crippen molar-refractivity contribution in [1.82, 2.24) is 9.71 Å². The molecule has 0 atom stereocenters. The van der Waals surface area contributed by atoms with E-state index in [4.69, 9.17) is 5.84 Å². The number of nitrogen functional groups attached to an aromatic ring is 1. The van der Waals surface area contributed by atoms with Gasteiger partial charge in [0.05, 0.1) is 0 Å². The largest absolute Gasteiger partial charge is 0.307 e. The molecule has 1 aromatic rings. The van der Waals surface area contributed by atoms with Crippen molar-refractivity contribution in [2.45, 2.75) is 30.2 Å². The van der Waals surface area contributed by atoms with Crippen molar-refractivity contribution in [2.24, 2.45) is 5.84 Å². The van der Waals surface area contributed by atoms with Crippen LogP contribution < -0.4 is 16.0 Å². The Labute approximate surface area is 108 Å². The van der Waals surface area contributed by atoms with Crippen LogP contribution >= 0.6 is 15.9 Å². The van der Waals surface area contributed by atoms with E-state index in [2.05, 4.69) is 31.1 Å². The summed E-state index contributed by atoms with van der Waals surface area (Å²) in [4.78, 5) is 3.96. The van der Waals surface area contributed by atoms with E-state index in [1.165, 1.54) is 12.3 Å². The van der Waals surface area contributed by atoms with Crippen LogP contribution in [0.3, 0.4) is 0 Å². The molecule has 17 heavy (non-hydrogen) atoms. The predicted octanol–water partition coefficient (Wildman–Crippen LogP) is 0.960. The number of anilines is 1. The zero-order valence-electron chi connectivity index (χ0n) is 9.20. The molecule has 0 spiro atoms. The number of nitrogens with two attached hydrogens (primary N) is 1. The number of aromatic nitrogens is 1. The molecular weight excluding hydrogens is 308 g/mol. The van der Waals surface area contributed by atoms with Gasteiger partial charge in [-0.1, -0.05) is 0 Å². The van der Waals surface area contributed by atoms with Crippen LogP contribution in [-0.4, -0.2) is 18.9 Å². The Hall–Kier alpha value is -0.700. The van der Waals surface area contributed by atoms with E-state index in [1.807, 2.05) is 6.92 Å². The highest BCUT2D eigenvalue weighted by Crippen LogP contribution is 2.36. The first-order valence-corrected chi connectivity index (χ1v) is 7.30. The molecule has 2 rings (SSSR count). The molecule has 0 radical (unpaired) electrons. The molecule has 4 N–H and O–H groups in total. The van der Waals surface area contributed by atoms with Crippen molar-refractivity contribution in [2.75, 3.05) is 5.43 Å². The normalized spacial score (nSPS) is 17.8. The lowest BCUT2D eigenvalue weighted by atomic mass is 10.4. The molecule has 1 aromatic heterocycles. The first-order chi connectivity index (χ1) is 7.86. The molecule has 94 valence electrons. The molecule has 0 saturated heterocycles. The Balaban J connectivity index is 2.41. The number of nitrogens with zero attached hydrogens (tertiary/aromatic N) is 1. The molecule has 1 heterocycles. The zero-order chi connectivity index (χ0) is 12.7. The van der Waals surface area contributed by atoms with Gasteiger partial charge in [0.2, 0.25) is 10.0 Å². The number of sulfonamides is 1. The van der Waals surface area contributed by atoms with Crippen LogP contribution in [0.25, 0.3) is 0 Å². The first kappa shape index (κ1) is 12.7. The maximum absolute atomic E-state index is 12.2. The molecule has 0 bridgehead atoms. The first-order valence-electron chi connectivity index (χ1n) is 5.02. The maximum Gasteiger partial charge on any atom is 0.244 e. The number of hydrogen-bond donors (Lipinski definition) is 3. The van der Waals surface area contributed by atoms with Gasteiger partial charge in [-0.25, -0.2) is 24.0 Å². The Morgan fingerprint density at radius 1 is 1.53 bits per heavy atom. The lowest BCUT2D eigenvalue weighted by molar-refractivity contribution is 0.558. The van der Waals surface area contributed by atoms with Crippen molar-refractivity contribution in [3.63, 3.8) is 0 Å². The van der Waals surface area contributed by atoms with Crippen molar-refractivity contribution < 1.29 is 8.42 Å². The Bertz CT molecular complexity index is 542. The summed E-state index contributed by atoms with van der Waals surface area (Å²) in [5.74, 6) is 5.39. The third-order valence-corrected chi connectivity index (χ3v) is 4.71. The minimum Gasteiger partial charge on any atom is -0.307 e. The van der Waals surface area contributed by atoms with Gasteiger partial charge < -0.3 is 5.43 Å². The van der Waals surface area contributed by atoms with Gasteiger partial charge in [-0.05, 0) is 41.8 Å². The van der Waals surface area contributed by atoms with Crippen molar-refractivity contribution in [3.05, 3.63) is 16.7 Å². The van der Waals surface area contributed by atoms with E-state index in [1.54, 1.807) is 0 Å².